The van der Waals surface area contributed by atoms with E-state index in [0.717, 1.165) is 0 Å². The molecule has 0 saturated carbocycles. The molecule has 0 atom stereocenters. The maximum Gasteiger partial charge on any atom is 0.0453 e. The maximum absolute atomic E-state index is 3.73. The summed E-state index contributed by atoms with van der Waals surface area (Å²) in [6.07, 6.45) is 8.84. The minimum atomic E-state index is 0.142. The molecular weight excluding hydrogens is 172 g/mol. The Balaban J connectivity index is 2.99. The van der Waals surface area contributed by atoms with Crippen LogP contribution in [0, 0.1) is 0 Å². The Hall–Kier alpha value is -0.303. The van der Waals surface area contributed by atoms with Gasteiger partial charge in [0.2, 0.25) is 0 Å². The second kappa shape index (κ2) is 9.78. The summed E-state index contributed by atoms with van der Waals surface area (Å²) in [5.41, 5.74) is 3.99. The second-order valence-corrected chi connectivity index (χ2v) is 5.61. The predicted molar refractivity (Wildman–Crippen MR) is 66.1 cm³/mol. The van der Waals surface area contributed by atoms with Crippen molar-refractivity contribution in [2.45, 2.75) is 52.0 Å². The average molecular weight is 196 g/mol. The van der Waals surface area contributed by atoms with Crippen LogP contribution in [0.3, 0.4) is 0 Å². The smallest absolute Gasteiger partial charge is 0.0453 e. The van der Waals surface area contributed by atoms with Gasteiger partial charge in [-0.25, -0.2) is 0 Å². The highest BCUT2D eigenvalue weighted by Gasteiger charge is 1.89. The molecule has 76 valence electrons. The lowest BCUT2D eigenvalue weighted by Crippen LogP contribution is -1.86. The van der Waals surface area contributed by atoms with Crippen LogP contribution in [0.2, 0.25) is 6.04 Å². The molecule has 0 bridgehead atoms. The van der Waals surface area contributed by atoms with E-state index in [1.165, 1.54) is 43.7 Å². The zero-order chi connectivity index (χ0) is 9.94. The standard InChI is InChI=1S/C12H24Si/c1-4-5-6-7-8-9-10-13-11-12(2)3/h4,11H,1,5-10,13H2,2-3H3. The first-order valence-electron chi connectivity index (χ1n) is 5.51. The van der Waals surface area contributed by atoms with Crippen LogP contribution in [-0.2, 0) is 0 Å². The Morgan fingerprint density at radius 1 is 1.15 bits per heavy atom. The lowest BCUT2D eigenvalue weighted by Gasteiger charge is -1.97. The Bertz CT molecular complexity index is 143. The Morgan fingerprint density at radius 3 is 2.46 bits per heavy atom. The zero-order valence-electron chi connectivity index (χ0n) is 9.31. The van der Waals surface area contributed by atoms with Gasteiger partial charge in [-0.15, -0.1) is 12.3 Å². The van der Waals surface area contributed by atoms with Crippen molar-refractivity contribution in [2.24, 2.45) is 0 Å². The summed E-state index contributed by atoms with van der Waals surface area (Å²) in [6, 6.07) is 1.50. The zero-order valence-corrected chi connectivity index (χ0v) is 10.7. The molecule has 0 saturated heterocycles. The van der Waals surface area contributed by atoms with E-state index in [0.29, 0.717) is 0 Å². The molecule has 0 fully saturated rings. The lowest BCUT2D eigenvalue weighted by atomic mass is 10.1. The van der Waals surface area contributed by atoms with Crippen LogP contribution in [-0.4, -0.2) is 9.52 Å². The molecule has 0 aliphatic heterocycles. The lowest BCUT2D eigenvalue weighted by molar-refractivity contribution is 0.674. The number of rotatable bonds is 8. The van der Waals surface area contributed by atoms with E-state index in [1.807, 2.05) is 6.08 Å². The van der Waals surface area contributed by atoms with Crippen molar-refractivity contribution in [1.29, 1.82) is 0 Å². The first kappa shape index (κ1) is 12.7. The molecule has 0 aliphatic rings. The molecule has 0 heterocycles. The molecule has 1 heteroatoms. The molecule has 0 rings (SSSR count). The summed E-state index contributed by atoms with van der Waals surface area (Å²) in [5.74, 6) is 0. The number of allylic oxidation sites excluding steroid dienone is 2. The van der Waals surface area contributed by atoms with E-state index in [1.54, 1.807) is 0 Å². The monoisotopic (exact) mass is 196 g/mol. The Morgan fingerprint density at radius 2 is 1.85 bits per heavy atom. The van der Waals surface area contributed by atoms with Gasteiger partial charge in [-0.1, -0.05) is 37.0 Å². The van der Waals surface area contributed by atoms with Crippen LogP contribution in [0.25, 0.3) is 0 Å². The fourth-order valence-electron chi connectivity index (χ4n) is 1.35. The van der Waals surface area contributed by atoms with Crippen molar-refractivity contribution < 1.29 is 0 Å². The van der Waals surface area contributed by atoms with E-state index >= 15 is 0 Å². The van der Waals surface area contributed by atoms with Crippen molar-refractivity contribution in [3.63, 3.8) is 0 Å². The minimum absolute atomic E-state index is 0.142. The van der Waals surface area contributed by atoms with Crippen LogP contribution in [0.4, 0.5) is 0 Å². The molecule has 13 heavy (non-hydrogen) atoms. The highest BCUT2D eigenvalue weighted by atomic mass is 28.2. The van der Waals surface area contributed by atoms with Gasteiger partial charge in [-0.2, -0.15) is 0 Å². The van der Waals surface area contributed by atoms with Crippen LogP contribution in [0.1, 0.15) is 46.0 Å². The van der Waals surface area contributed by atoms with Crippen LogP contribution < -0.4 is 0 Å². The van der Waals surface area contributed by atoms with Gasteiger partial charge in [-0.05, 0) is 26.7 Å². The highest BCUT2D eigenvalue weighted by Crippen LogP contribution is 2.05. The van der Waals surface area contributed by atoms with Crippen molar-refractivity contribution in [3.05, 3.63) is 23.9 Å². The number of unbranched alkanes of at least 4 members (excludes halogenated alkanes) is 4. The maximum atomic E-state index is 3.73. The normalized spacial score (nSPS) is 10.6. The molecule has 0 amide bonds. The van der Waals surface area contributed by atoms with Gasteiger partial charge in [0, 0.05) is 9.52 Å². The third-order valence-corrected chi connectivity index (χ3v) is 4.18. The summed E-state index contributed by atoms with van der Waals surface area (Å²) < 4.78 is 0. The van der Waals surface area contributed by atoms with Gasteiger partial charge in [0.15, 0.2) is 0 Å². The average Bonchev–Trinajstić information content (AvgIpc) is 2.09. The third kappa shape index (κ3) is 11.7. The van der Waals surface area contributed by atoms with E-state index in [2.05, 4.69) is 26.1 Å². The number of hydrogen-bond acceptors (Lipinski definition) is 0. The predicted octanol–water partition coefficient (Wildman–Crippen LogP) is 3.63. The minimum Gasteiger partial charge on any atom is -0.103 e. The SMILES string of the molecule is C=CCCCCCC[SiH2]C=C(C)C. The molecular formula is C12H24Si. The van der Waals surface area contributed by atoms with Gasteiger partial charge in [0.05, 0.1) is 0 Å². The molecule has 0 aromatic heterocycles. The molecule has 0 nitrogen and oxygen atoms in total. The van der Waals surface area contributed by atoms with Gasteiger partial charge < -0.3 is 0 Å². The second-order valence-electron chi connectivity index (χ2n) is 3.92. The summed E-state index contributed by atoms with van der Waals surface area (Å²) in [4.78, 5) is 0. The molecule has 0 spiro atoms. The number of hydrogen-bond donors (Lipinski definition) is 0. The highest BCUT2D eigenvalue weighted by molar-refractivity contribution is 6.42. The summed E-state index contributed by atoms with van der Waals surface area (Å²) in [6.45, 7) is 8.14. The van der Waals surface area contributed by atoms with E-state index in [4.69, 9.17) is 0 Å². The van der Waals surface area contributed by atoms with Crippen molar-refractivity contribution in [1.82, 2.24) is 0 Å². The molecule has 0 unspecified atom stereocenters. The van der Waals surface area contributed by atoms with E-state index in [-0.39, 0.29) is 9.52 Å². The Kier molecular flexibility index (Phi) is 9.55. The van der Waals surface area contributed by atoms with E-state index in [9.17, 15) is 0 Å². The quantitative estimate of drug-likeness (QED) is 0.316. The fraction of sp³-hybridized carbons (Fsp3) is 0.667. The van der Waals surface area contributed by atoms with Crippen molar-refractivity contribution in [2.75, 3.05) is 0 Å². The van der Waals surface area contributed by atoms with Gasteiger partial charge >= 0.3 is 0 Å². The van der Waals surface area contributed by atoms with Crippen LogP contribution in [0.5, 0.6) is 0 Å². The van der Waals surface area contributed by atoms with Gasteiger partial charge in [-0.3, -0.25) is 0 Å². The fourth-order valence-corrected chi connectivity index (χ4v) is 2.78. The van der Waals surface area contributed by atoms with Crippen molar-refractivity contribution in [3.8, 4) is 0 Å². The molecule has 0 N–H and O–H groups in total. The Labute approximate surface area is 85.9 Å². The first-order chi connectivity index (χ1) is 6.27. The largest absolute Gasteiger partial charge is 0.103 e. The van der Waals surface area contributed by atoms with Crippen molar-refractivity contribution >= 4 is 9.52 Å². The molecule has 0 aliphatic carbocycles. The summed E-state index contributed by atoms with van der Waals surface area (Å²) >= 11 is 0. The molecule has 0 radical (unpaired) electrons. The molecule has 0 aromatic carbocycles. The van der Waals surface area contributed by atoms with E-state index < -0.39 is 0 Å². The first-order valence-corrected chi connectivity index (χ1v) is 7.33. The summed E-state index contributed by atoms with van der Waals surface area (Å²) in [7, 11) is 0.142. The van der Waals surface area contributed by atoms with Gasteiger partial charge in [0.25, 0.3) is 0 Å². The van der Waals surface area contributed by atoms with Gasteiger partial charge in [0.1, 0.15) is 0 Å². The van der Waals surface area contributed by atoms with Crippen LogP contribution in [0.15, 0.2) is 23.9 Å². The van der Waals surface area contributed by atoms with Crippen LogP contribution >= 0.6 is 0 Å². The third-order valence-electron chi connectivity index (χ3n) is 2.16. The summed E-state index contributed by atoms with van der Waals surface area (Å²) in [5, 5.41) is 0. The molecule has 0 aromatic rings. The topological polar surface area (TPSA) is 0 Å².